The van der Waals surface area contributed by atoms with Gasteiger partial charge in [-0.2, -0.15) is 0 Å². The molecule has 182 valence electrons. The number of aryl methyl sites for hydroxylation is 1. The van der Waals surface area contributed by atoms with Crippen LogP contribution in [-0.2, 0) is 16.1 Å². The predicted octanol–water partition coefficient (Wildman–Crippen LogP) is 5.35. The number of ketones is 1. The van der Waals surface area contributed by atoms with Gasteiger partial charge in [0.25, 0.3) is 11.7 Å². The van der Waals surface area contributed by atoms with Crippen LogP contribution < -0.4 is 9.47 Å². The normalized spacial score (nSPS) is 17.3. The van der Waals surface area contributed by atoms with E-state index in [1.54, 1.807) is 37.4 Å². The van der Waals surface area contributed by atoms with E-state index in [1.807, 2.05) is 39.0 Å². The number of amides is 1. The third-order valence-corrected chi connectivity index (χ3v) is 6.33. The lowest BCUT2D eigenvalue weighted by molar-refractivity contribution is -0.140. The van der Waals surface area contributed by atoms with Crippen LogP contribution >= 0.6 is 0 Å². The number of para-hydroxylation sites is 1. The number of Topliss-reactive ketones (excluding diaryl/α,β-unsaturated/α-hetero) is 1. The molecule has 7 heteroatoms. The number of aliphatic hydroxyl groups excluding tert-OH is 1. The Hall–Kier alpha value is -4.00. The van der Waals surface area contributed by atoms with Crippen molar-refractivity contribution in [2.75, 3.05) is 14.2 Å². The molecule has 0 radical (unpaired) electrons. The summed E-state index contributed by atoms with van der Waals surface area (Å²) in [7, 11) is 3.13. The van der Waals surface area contributed by atoms with Gasteiger partial charge in [0.1, 0.15) is 23.0 Å². The van der Waals surface area contributed by atoms with Crippen molar-refractivity contribution in [1.29, 1.82) is 0 Å². The number of methoxy groups -OCH3 is 2. The van der Waals surface area contributed by atoms with Gasteiger partial charge < -0.3 is 23.9 Å². The van der Waals surface area contributed by atoms with E-state index < -0.39 is 17.7 Å². The molecule has 3 aromatic rings. The molecule has 2 heterocycles. The van der Waals surface area contributed by atoms with Crippen molar-refractivity contribution in [3.05, 3.63) is 88.4 Å². The Morgan fingerprint density at radius 3 is 2.40 bits per heavy atom. The molecule has 0 spiro atoms. The Bertz CT molecular complexity index is 1290. The summed E-state index contributed by atoms with van der Waals surface area (Å²) < 4.78 is 16.5. The van der Waals surface area contributed by atoms with Crippen molar-refractivity contribution in [1.82, 2.24) is 4.90 Å². The van der Waals surface area contributed by atoms with E-state index in [4.69, 9.17) is 13.9 Å². The first kappa shape index (κ1) is 24.1. The third kappa shape index (κ3) is 4.30. The fourth-order valence-corrected chi connectivity index (χ4v) is 4.56. The Labute approximate surface area is 204 Å². The van der Waals surface area contributed by atoms with Gasteiger partial charge in [0.2, 0.25) is 0 Å². The van der Waals surface area contributed by atoms with Crippen LogP contribution in [0.15, 0.2) is 64.8 Å². The number of carbonyl (C=O) groups is 2. The molecule has 1 N–H and O–H groups in total. The zero-order chi connectivity index (χ0) is 25.3. The number of benzene rings is 2. The van der Waals surface area contributed by atoms with Crippen LogP contribution in [0.25, 0.3) is 5.76 Å². The summed E-state index contributed by atoms with van der Waals surface area (Å²) in [5, 5.41) is 11.6. The van der Waals surface area contributed by atoms with Crippen LogP contribution in [-0.4, -0.2) is 35.9 Å². The first-order valence-electron chi connectivity index (χ1n) is 11.4. The second-order valence-electron chi connectivity index (χ2n) is 8.81. The molecule has 2 aromatic carbocycles. The maximum absolute atomic E-state index is 13.4. The van der Waals surface area contributed by atoms with Crippen LogP contribution in [0.2, 0.25) is 0 Å². The van der Waals surface area contributed by atoms with Gasteiger partial charge in [0.15, 0.2) is 0 Å². The summed E-state index contributed by atoms with van der Waals surface area (Å²) in [4.78, 5) is 28.1. The van der Waals surface area contributed by atoms with E-state index in [0.717, 1.165) is 11.1 Å². The largest absolute Gasteiger partial charge is 0.507 e. The number of likely N-dealkylation sites (tertiary alicyclic amines) is 1. The number of hydrogen-bond acceptors (Lipinski definition) is 6. The number of rotatable bonds is 7. The highest BCUT2D eigenvalue weighted by Gasteiger charge is 2.47. The molecule has 1 amide bonds. The molecular weight excluding hydrogens is 446 g/mol. The van der Waals surface area contributed by atoms with Crippen LogP contribution in [0.1, 0.15) is 53.8 Å². The molecule has 1 unspecified atom stereocenters. The van der Waals surface area contributed by atoms with Crippen LogP contribution in [0, 0.1) is 6.92 Å². The molecule has 1 aliphatic heterocycles. The number of carbonyl (C=O) groups excluding carboxylic acids is 2. The Balaban J connectivity index is 1.96. The quantitative estimate of drug-likeness (QED) is 0.281. The smallest absolute Gasteiger partial charge is 0.296 e. The van der Waals surface area contributed by atoms with Gasteiger partial charge in [0.05, 0.1) is 38.6 Å². The standard InChI is InChI=1S/C28H29NO6/c1-16(2)20-14-21(17(3)13-23(20)34-5)26(30)24-25(19-10-6-7-11-22(19)33-4)29(28(32)27(24)31)15-18-9-8-12-35-18/h6-14,16,25,30H,15H2,1-5H3/b26-24+. The summed E-state index contributed by atoms with van der Waals surface area (Å²) in [5.74, 6) is 0.138. The average Bonchev–Trinajstić information content (AvgIpc) is 3.45. The molecule has 1 fully saturated rings. The van der Waals surface area contributed by atoms with E-state index in [2.05, 4.69) is 0 Å². The minimum Gasteiger partial charge on any atom is -0.507 e. The first-order chi connectivity index (χ1) is 16.8. The van der Waals surface area contributed by atoms with Gasteiger partial charge in [-0.05, 0) is 54.3 Å². The molecule has 35 heavy (non-hydrogen) atoms. The van der Waals surface area contributed by atoms with Crippen molar-refractivity contribution in [2.24, 2.45) is 0 Å². The van der Waals surface area contributed by atoms with Gasteiger partial charge in [-0.1, -0.05) is 32.0 Å². The highest BCUT2D eigenvalue weighted by Crippen LogP contribution is 2.44. The molecular formula is C28H29NO6. The molecule has 0 saturated carbocycles. The molecule has 0 bridgehead atoms. The summed E-state index contributed by atoms with van der Waals surface area (Å²) in [6.45, 7) is 5.94. The van der Waals surface area contributed by atoms with E-state index >= 15 is 0 Å². The average molecular weight is 476 g/mol. The topological polar surface area (TPSA) is 89.2 Å². The first-order valence-corrected chi connectivity index (χ1v) is 11.4. The van der Waals surface area contributed by atoms with Gasteiger partial charge in [-0.15, -0.1) is 0 Å². The maximum atomic E-state index is 13.4. The number of hydrogen-bond donors (Lipinski definition) is 1. The fraction of sp³-hybridized carbons (Fsp3) is 0.286. The summed E-state index contributed by atoms with van der Waals surface area (Å²) in [6.07, 6.45) is 1.51. The molecule has 0 aliphatic carbocycles. The number of aliphatic hydroxyl groups is 1. The predicted molar refractivity (Wildman–Crippen MR) is 131 cm³/mol. The lowest BCUT2D eigenvalue weighted by Gasteiger charge is -2.26. The van der Waals surface area contributed by atoms with E-state index in [0.29, 0.717) is 28.4 Å². The molecule has 1 saturated heterocycles. The van der Waals surface area contributed by atoms with Crippen LogP contribution in [0.4, 0.5) is 0 Å². The van der Waals surface area contributed by atoms with Gasteiger partial charge in [-0.25, -0.2) is 0 Å². The minimum atomic E-state index is -0.861. The van der Waals surface area contributed by atoms with E-state index in [1.165, 1.54) is 18.3 Å². The Kier molecular flexibility index (Phi) is 6.69. The van der Waals surface area contributed by atoms with Crippen molar-refractivity contribution in [3.8, 4) is 11.5 Å². The SMILES string of the molecule is COc1cc(C)c(/C(O)=C2\C(=O)C(=O)N(Cc3ccco3)C2c2ccccc2OC)cc1C(C)C. The monoisotopic (exact) mass is 475 g/mol. The minimum absolute atomic E-state index is 0.00836. The highest BCUT2D eigenvalue weighted by molar-refractivity contribution is 6.46. The third-order valence-electron chi connectivity index (χ3n) is 6.33. The second-order valence-corrected chi connectivity index (χ2v) is 8.81. The number of ether oxygens (including phenoxy) is 2. The number of nitrogens with zero attached hydrogens (tertiary/aromatic N) is 1. The zero-order valence-electron chi connectivity index (χ0n) is 20.5. The lowest BCUT2D eigenvalue weighted by atomic mass is 9.90. The molecule has 7 nitrogen and oxygen atoms in total. The maximum Gasteiger partial charge on any atom is 0.296 e. The van der Waals surface area contributed by atoms with Gasteiger partial charge >= 0.3 is 0 Å². The van der Waals surface area contributed by atoms with Crippen molar-refractivity contribution >= 4 is 17.4 Å². The Morgan fingerprint density at radius 2 is 1.77 bits per heavy atom. The number of furan rings is 1. The fourth-order valence-electron chi connectivity index (χ4n) is 4.56. The zero-order valence-corrected chi connectivity index (χ0v) is 20.5. The lowest BCUT2D eigenvalue weighted by Crippen LogP contribution is -2.29. The van der Waals surface area contributed by atoms with Crippen molar-refractivity contribution in [3.63, 3.8) is 0 Å². The molecule has 1 aliphatic rings. The highest BCUT2D eigenvalue weighted by atomic mass is 16.5. The summed E-state index contributed by atoms with van der Waals surface area (Å²) in [6, 6.07) is 13.4. The van der Waals surface area contributed by atoms with E-state index in [-0.39, 0.29) is 23.8 Å². The summed E-state index contributed by atoms with van der Waals surface area (Å²) in [5.41, 5.74) is 2.69. The van der Waals surface area contributed by atoms with Gasteiger partial charge in [0, 0.05) is 11.1 Å². The van der Waals surface area contributed by atoms with E-state index in [9.17, 15) is 14.7 Å². The second kappa shape index (κ2) is 9.70. The molecule has 4 rings (SSSR count). The van der Waals surface area contributed by atoms with Gasteiger partial charge in [-0.3, -0.25) is 9.59 Å². The van der Waals surface area contributed by atoms with Crippen LogP contribution in [0.3, 0.4) is 0 Å². The Morgan fingerprint density at radius 1 is 1.06 bits per heavy atom. The molecule has 1 aromatic heterocycles. The van der Waals surface area contributed by atoms with Crippen LogP contribution in [0.5, 0.6) is 11.5 Å². The molecule has 1 atom stereocenters. The van der Waals surface area contributed by atoms with Crippen molar-refractivity contribution in [2.45, 2.75) is 39.3 Å². The summed E-state index contributed by atoms with van der Waals surface area (Å²) >= 11 is 0. The van der Waals surface area contributed by atoms with Crippen molar-refractivity contribution < 1.29 is 28.6 Å².